The minimum Gasteiger partial charge on any atom is -0.870 e. The van der Waals surface area contributed by atoms with Gasteiger partial charge in [0.2, 0.25) is 17.5 Å². The summed E-state index contributed by atoms with van der Waals surface area (Å²) in [5.74, 6) is 1.28. The van der Waals surface area contributed by atoms with Gasteiger partial charge in [-0.25, -0.2) is 0 Å². The summed E-state index contributed by atoms with van der Waals surface area (Å²) in [4.78, 5) is 76.9. The second kappa shape index (κ2) is 58.0. The van der Waals surface area contributed by atoms with Crippen molar-refractivity contribution in [1.29, 1.82) is 0 Å². The van der Waals surface area contributed by atoms with Crippen LogP contribution in [0.25, 0.3) is 0 Å². The van der Waals surface area contributed by atoms with Crippen molar-refractivity contribution < 1.29 is 125 Å². The molecule has 127 heavy (non-hydrogen) atoms. The molecule has 8 N–H and O–H groups in total. The molecule has 5 aliphatic heterocycles. The van der Waals surface area contributed by atoms with Crippen LogP contribution in [0.2, 0.25) is 20.6 Å². The van der Waals surface area contributed by atoms with E-state index in [1.54, 1.807) is 49.3 Å². The van der Waals surface area contributed by atoms with Crippen LogP contribution >= 0.6 is 105 Å². The number of rotatable bonds is 19. The Hall–Kier alpha value is -8.81. The van der Waals surface area contributed by atoms with E-state index in [4.69, 9.17) is 87.8 Å². The van der Waals surface area contributed by atoms with Crippen molar-refractivity contribution in [2.75, 3.05) is 116 Å². The smallest absolute Gasteiger partial charge is 0.870 e. The summed E-state index contributed by atoms with van der Waals surface area (Å²) in [5, 5.41) is 33.6. The first-order chi connectivity index (χ1) is 60.5. The average Bonchev–Trinajstić information content (AvgIpc) is 1.73. The molecule has 2 aromatic carbocycles. The third-order valence-corrected chi connectivity index (χ3v) is 22.9. The molecule has 1 amide bonds. The summed E-state index contributed by atoms with van der Waals surface area (Å²) in [7, 11) is -1.00. The van der Waals surface area contributed by atoms with Crippen LogP contribution in [0.5, 0.6) is 11.8 Å². The molecule has 15 rings (SSSR count). The zero-order valence-corrected chi connectivity index (χ0v) is 77.8. The third kappa shape index (κ3) is 37.7. The molecule has 50 heteroatoms. The Labute approximate surface area is 791 Å². The normalized spacial score (nSPS) is 14.9. The number of carboxylic acids is 2. The van der Waals surface area contributed by atoms with Gasteiger partial charge in [0.05, 0.1) is 122 Å². The van der Waals surface area contributed by atoms with Crippen molar-refractivity contribution in [2.45, 2.75) is 110 Å². The number of pyridine rings is 3. The fourth-order valence-corrected chi connectivity index (χ4v) is 15.6. The van der Waals surface area contributed by atoms with Gasteiger partial charge in [0, 0.05) is 107 Å². The molecule has 0 spiro atoms. The number of ether oxygens (including phenoxy) is 4. The Morgan fingerprint density at radius 3 is 1.15 bits per heavy atom. The maximum absolute atomic E-state index is 12.9. The number of piperidine rings is 5. The van der Waals surface area contributed by atoms with Crippen molar-refractivity contribution in [3.8, 4) is 11.8 Å². The van der Waals surface area contributed by atoms with Gasteiger partial charge in [-0.05, 0) is 181 Å². The number of hydrogen-bond acceptors (Lipinski definition) is 35. The fourth-order valence-electron chi connectivity index (χ4n) is 12.2. The van der Waals surface area contributed by atoms with E-state index >= 15 is 0 Å². The minimum atomic E-state index is -4.45. The van der Waals surface area contributed by atoms with E-state index in [-0.39, 0.29) is 111 Å². The first-order valence-electron chi connectivity index (χ1n) is 39.3. The van der Waals surface area contributed by atoms with E-state index in [1.807, 2.05) is 52.8 Å². The van der Waals surface area contributed by atoms with E-state index in [1.165, 1.54) is 24.3 Å². The second-order valence-electron chi connectivity index (χ2n) is 27.1. The number of aromatic nitrogens is 13. The molecule has 0 radical (unpaired) electrons. The summed E-state index contributed by atoms with van der Waals surface area (Å²) < 4.78 is 152. The van der Waals surface area contributed by atoms with Gasteiger partial charge in [-0.2, -0.15) is 61.3 Å². The van der Waals surface area contributed by atoms with Crippen molar-refractivity contribution >= 4 is 169 Å². The quantitative estimate of drug-likeness (QED) is 0.0189. The summed E-state index contributed by atoms with van der Waals surface area (Å²) >= 11 is 27.8. The number of carbonyl (C=O) groups excluding carboxylic acids is 3. The number of nitrogens with zero attached hydrogens (tertiary/aromatic N) is 17. The molecule has 686 valence electrons. The number of aliphatic carboxylic acids is 2. The van der Waals surface area contributed by atoms with Crippen molar-refractivity contribution in [3.05, 3.63) is 171 Å². The number of esters is 2. The fraction of sp³-hybridized carbons (Fsp3) is 0.455. The number of anilines is 6. The van der Waals surface area contributed by atoms with Gasteiger partial charge in [-0.3, -0.25) is 43.3 Å². The third-order valence-electron chi connectivity index (χ3n) is 18.8. The molecule has 13 heterocycles. The minimum absolute atomic E-state index is 0. The molecular weight excluding hydrogens is 1870 g/mol. The number of benzene rings is 2. The van der Waals surface area contributed by atoms with E-state index < -0.39 is 42.6 Å². The van der Waals surface area contributed by atoms with Crippen molar-refractivity contribution in [3.63, 3.8) is 0 Å². The van der Waals surface area contributed by atoms with E-state index in [0.717, 1.165) is 157 Å². The molecule has 5 aliphatic rings. The number of aliphatic hydroxyl groups excluding tert-OH is 1. The van der Waals surface area contributed by atoms with Crippen molar-refractivity contribution in [2.24, 2.45) is 29.6 Å². The number of carboxylic acid groups (broad SMARTS) is 2. The zero-order valence-electron chi connectivity index (χ0n) is 69.7. The molecule has 33 nitrogen and oxygen atoms in total. The van der Waals surface area contributed by atoms with Gasteiger partial charge < -0.3 is 75.7 Å². The number of nitrogens with two attached hydrogens (primary N) is 1. The first kappa shape index (κ1) is 107. The summed E-state index contributed by atoms with van der Waals surface area (Å²) in [6.45, 7) is 12.7. The summed E-state index contributed by atoms with van der Waals surface area (Å²) in [6, 6.07) is 20.3. The molecule has 5 fully saturated rings. The molecule has 0 atom stereocenters. The number of nitrogens with one attached hydrogen (secondary N) is 2. The molecule has 10 aromatic rings. The Balaban J connectivity index is 0.000000269. The number of nitrogen functional groups attached to an aromatic ring is 1. The average molecular weight is 1960 g/mol. The molecule has 5 saturated heterocycles. The first-order valence-corrected chi connectivity index (χ1v) is 43.7. The number of carbonyl (C=O) groups is 5. The summed E-state index contributed by atoms with van der Waals surface area (Å²) in [6.07, 6.45) is 8.43. The molecule has 0 bridgehead atoms. The Morgan fingerprint density at radius 1 is 0.488 bits per heavy atom. The largest absolute Gasteiger partial charge is 1.00 e. The van der Waals surface area contributed by atoms with Crippen LogP contribution < -0.4 is 75.0 Å². The van der Waals surface area contributed by atoms with E-state index in [0.29, 0.717) is 144 Å². The Kier molecular flexibility index (Phi) is 48.8. The van der Waals surface area contributed by atoms with Gasteiger partial charge in [-0.15, -0.1) is 8.75 Å². The molecule has 0 saturated carbocycles. The Morgan fingerprint density at radius 2 is 0.819 bits per heavy atom. The van der Waals surface area contributed by atoms with Crippen LogP contribution in [-0.4, -0.2) is 195 Å². The number of aliphatic hydroxyl groups is 1. The van der Waals surface area contributed by atoms with E-state index in [9.17, 15) is 54.7 Å². The van der Waals surface area contributed by atoms with Crippen LogP contribution in [0.15, 0.2) is 122 Å². The van der Waals surface area contributed by atoms with Gasteiger partial charge >= 0.3 is 65.8 Å². The predicted octanol–water partition coefficient (Wildman–Crippen LogP) is 12.3. The van der Waals surface area contributed by atoms with Gasteiger partial charge in [-0.1, -0.05) is 58.5 Å². The van der Waals surface area contributed by atoms with Crippen molar-refractivity contribution in [1.82, 2.24) is 64.0 Å². The maximum atomic E-state index is 12.9. The standard InChI is InChI=1S/C21H20F3N5O2S.C14H16N4O3S.C10H14ClN3O2S.C8H10ClN3O2S.C8H15NO2.C7H6F3N.C6H7NO.C2Cl2N2S.CH3F.Na.H2O/c22-21(23,24)16-2-1-3-17(12-16)26-19(30)15-6-10-29(11-7-15)18-20(28-32-27-18)31-13-14-4-8-25-9-5-14;19-14(20)11-3-7-18(8-4-11)12-13(17-22-16-12)21-9-10-1-5-15-6-2-10;1-2-16-10(15)7-3-5-14(6-4-7)9-8(11)12-17-13-9;9-6-7(11-15-10-6)12-3-1-5(2-4-12)8(13)14;1-2-11-8(10)7-3-5-9-6-4-7;8-7(9,10)5-2-1-3-6(11)4-5;8-5-6-1-3-7-4-2-6;3-1-2(4)6-7-5-1;1-2;;/h1-5,8-9,12,15H,6-7,10-11,13H2,(H,26,30);1-2,5-6,11H,3-4,7-9H2,(H,19,20);7H,2-6H2,1H3;5H,1-4H2,(H,13,14);7,9H,2-6H2,1H3;1-4H,11H2;1-4,8H,5H2;;1H3;;1H2/q;;;;;;;;;+1;/p-1/i;;;;;;;;1D;;. The predicted molar refractivity (Wildman–Crippen MR) is 466 cm³/mol. The molecule has 8 aromatic heterocycles. The van der Waals surface area contributed by atoms with Crippen LogP contribution in [-0.2, 0) is 65.6 Å². The van der Waals surface area contributed by atoms with Gasteiger partial charge in [0.25, 0.3) is 11.8 Å². The van der Waals surface area contributed by atoms with Crippen LogP contribution in [0.3, 0.4) is 0 Å². The second-order valence-corrected chi connectivity index (χ2v) is 31.2. The molecule has 0 aliphatic carbocycles. The Bertz CT molecular complexity index is 4830. The van der Waals surface area contributed by atoms with Crippen LogP contribution in [0, 0.1) is 29.6 Å². The van der Waals surface area contributed by atoms with E-state index in [2.05, 4.69) is 74.2 Å². The summed E-state index contributed by atoms with van der Waals surface area (Å²) in [5.41, 5.74) is 6.80. The van der Waals surface area contributed by atoms with Gasteiger partial charge in [0.15, 0.2) is 32.2 Å². The van der Waals surface area contributed by atoms with Crippen LogP contribution in [0.4, 0.5) is 65.4 Å². The maximum Gasteiger partial charge on any atom is 1.00 e. The SMILES string of the molecule is CCOC(=O)C1CCN(c2nsnc2Cl)CC1.CCOC(=O)C1CCNCC1.Clc1nsnc1Cl.Nc1cccc(C(F)(F)F)c1.O=C(Nc1cccc(C(F)(F)F)c1)C1CCN(c2nsnc2OCc2ccncc2)CC1.O=C(O)C1CCN(c2nsnc2Cl)CC1.O=C(O)C1CCN(c2nsnc2OCc2ccncc2)CC1.OCc1ccncc1.[2H]CF.[Na+].[OH-]. The zero-order chi connectivity index (χ0) is 91.4. The number of halogens is 11. The van der Waals surface area contributed by atoms with Gasteiger partial charge in [0.1, 0.15) is 13.2 Å². The van der Waals surface area contributed by atoms with Crippen LogP contribution in [0.1, 0.15) is 107 Å². The number of amides is 1. The number of hydrogen-bond donors (Lipinski definition) is 6. The molecule has 0 unspecified atom stereocenters. The topological polar surface area (TPSA) is 444 Å². The molecular formula is C77H92Cl4F7N20NaO13S5. The monoisotopic (exact) mass is 1960 g/mol. The number of alkyl halides is 7.